The summed E-state index contributed by atoms with van der Waals surface area (Å²) in [7, 11) is 0. The van der Waals surface area contributed by atoms with Gasteiger partial charge in [0.15, 0.2) is 0 Å². The maximum absolute atomic E-state index is 12.9. The number of aliphatic hydroxyl groups is 1. The fourth-order valence-corrected chi connectivity index (χ4v) is 3.67. The van der Waals surface area contributed by atoms with Crippen LogP contribution in [0.25, 0.3) is 10.8 Å². The zero-order valence-electron chi connectivity index (χ0n) is 19.0. The molecule has 0 aromatic heterocycles. The maximum atomic E-state index is 12.9. The number of fused-ring (bicyclic) bond motifs is 1. The summed E-state index contributed by atoms with van der Waals surface area (Å²) < 4.78 is 16.4. The van der Waals surface area contributed by atoms with Gasteiger partial charge in [-0.25, -0.2) is 4.79 Å². The van der Waals surface area contributed by atoms with E-state index < -0.39 is 18.2 Å². The number of ether oxygens (including phenoxy) is 3. The van der Waals surface area contributed by atoms with Crippen molar-refractivity contribution in [1.29, 1.82) is 0 Å². The van der Waals surface area contributed by atoms with Crippen LogP contribution in [0.15, 0.2) is 66.7 Å². The van der Waals surface area contributed by atoms with Crippen LogP contribution >= 0.6 is 12.6 Å². The second-order valence-electron chi connectivity index (χ2n) is 7.76. The Hall–Kier alpha value is -3.23. The number of hydrogen-bond donors (Lipinski definition) is 3. The predicted octanol–water partition coefficient (Wildman–Crippen LogP) is 5.00. The topological polar surface area (TPSA) is 94.1 Å². The van der Waals surface area contributed by atoms with Gasteiger partial charge in [0, 0.05) is 11.3 Å². The number of anilines is 1. The molecule has 34 heavy (non-hydrogen) atoms. The standard InChI is InChI=1S/C26H29NO6S/c1-18(13-15-32-24(29)17-34)25(20-9-11-21(12-10-20)31-16-14-28)33-26(30)27-23-8-4-6-19-5-2-3-7-22(19)23/h2-12,18,25,28,34H,13-17H2,1H3,(H,27,30)/t18-,25-/m0/s1. The van der Waals surface area contributed by atoms with Crippen LogP contribution in [0.1, 0.15) is 25.0 Å². The van der Waals surface area contributed by atoms with Crippen LogP contribution in [0, 0.1) is 5.92 Å². The van der Waals surface area contributed by atoms with E-state index in [4.69, 9.17) is 19.3 Å². The quantitative estimate of drug-likeness (QED) is 0.263. The molecule has 1 amide bonds. The molecule has 3 aromatic carbocycles. The number of aliphatic hydroxyl groups excluding tert-OH is 1. The summed E-state index contributed by atoms with van der Waals surface area (Å²) in [6.45, 7) is 2.24. The van der Waals surface area contributed by atoms with E-state index in [1.54, 1.807) is 12.1 Å². The van der Waals surface area contributed by atoms with E-state index in [0.29, 0.717) is 17.9 Å². The molecular weight excluding hydrogens is 454 g/mol. The van der Waals surface area contributed by atoms with E-state index in [0.717, 1.165) is 16.3 Å². The summed E-state index contributed by atoms with van der Waals surface area (Å²) in [4.78, 5) is 24.3. The van der Waals surface area contributed by atoms with E-state index >= 15 is 0 Å². The molecule has 0 saturated carbocycles. The van der Waals surface area contributed by atoms with Crippen LogP contribution in [-0.2, 0) is 14.3 Å². The van der Waals surface area contributed by atoms with Crippen LogP contribution in [0.3, 0.4) is 0 Å². The van der Waals surface area contributed by atoms with Crippen LogP contribution in [0.4, 0.5) is 10.5 Å². The van der Waals surface area contributed by atoms with Gasteiger partial charge in [0.25, 0.3) is 0 Å². The average Bonchev–Trinajstić information content (AvgIpc) is 2.86. The Labute approximate surface area is 204 Å². The smallest absolute Gasteiger partial charge is 0.412 e. The lowest BCUT2D eigenvalue weighted by Crippen LogP contribution is -2.23. The van der Waals surface area contributed by atoms with E-state index in [-0.39, 0.29) is 31.5 Å². The van der Waals surface area contributed by atoms with Gasteiger partial charge in [0.1, 0.15) is 18.5 Å². The number of carbonyl (C=O) groups excluding carboxylic acids is 2. The lowest BCUT2D eigenvalue weighted by molar-refractivity contribution is -0.141. The zero-order chi connectivity index (χ0) is 24.3. The predicted molar refractivity (Wildman–Crippen MR) is 134 cm³/mol. The van der Waals surface area contributed by atoms with Crippen molar-refractivity contribution in [3.63, 3.8) is 0 Å². The maximum Gasteiger partial charge on any atom is 0.412 e. The van der Waals surface area contributed by atoms with E-state index in [2.05, 4.69) is 17.9 Å². The van der Waals surface area contributed by atoms with Crippen molar-refractivity contribution in [1.82, 2.24) is 0 Å². The number of thiol groups is 1. The summed E-state index contributed by atoms with van der Waals surface area (Å²) in [5, 5.41) is 13.7. The molecule has 3 rings (SSSR count). The highest BCUT2D eigenvalue weighted by Gasteiger charge is 2.24. The van der Waals surface area contributed by atoms with Gasteiger partial charge in [-0.15, -0.1) is 0 Å². The highest BCUT2D eigenvalue weighted by atomic mass is 32.1. The fraction of sp³-hybridized carbons (Fsp3) is 0.308. The van der Waals surface area contributed by atoms with E-state index in [1.165, 1.54) is 0 Å². The molecular formula is C26H29NO6S. The van der Waals surface area contributed by atoms with Gasteiger partial charge in [0.2, 0.25) is 0 Å². The van der Waals surface area contributed by atoms with Gasteiger partial charge >= 0.3 is 12.1 Å². The Morgan fingerprint density at radius 2 is 1.74 bits per heavy atom. The number of hydrogen-bond acceptors (Lipinski definition) is 7. The highest BCUT2D eigenvalue weighted by Crippen LogP contribution is 2.31. The highest BCUT2D eigenvalue weighted by molar-refractivity contribution is 7.81. The molecule has 0 bridgehead atoms. The van der Waals surface area contributed by atoms with Crippen molar-refractivity contribution in [2.75, 3.05) is 30.9 Å². The molecule has 2 N–H and O–H groups in total. The lowest BCUT2D eigenvalue weighted by atomic mass is 9.94. The van der Waals surface area contributed by atoms with Crippen molar-refractivity contribution >= 4 is 41.2 Å². The number of amides is 1. The zero-order valence-corrected chi connectivity index (χ0v) is 19.9. The van der Waals surface area contributed by atoms with E-state index in [9.17, 15) is 9.59 Å². The normalized spacial score (nSPS) is 12.6. The molecule has 0 radical (unpaired) electrons. The first kappa shape index (κ1) is 25.4. The van der Waals surface area contributed by atoms with Gasteiger partial charge in [-0.1, -0.05) is 55.5 Å². The summed E-state index contributed by atoms with van der Waals surface area (Å²) in [6, 6.07) is 20.6. The van der Waals surface area contributed by atoms with Crippen molar-refractivity contribution in [3.05, 3.63) is 72.3 Å². The molecule has 8 heteroatoms. The first-order valence-corrected chi connectivity index (χ1v) is 11.7. The van der Waals surface area contributed by atoms with Gasteiger partial charge < -0.3 is 19.3 Å². The number of esters is 1. The average molecular weight is 484 g/mol. The van der Waals surface area contributed by atoms with Crippen LogP contribution < -0.4 is 10.1 Å². The monoisotopic (exact) mass is 483 g/mol. The first-order valence-electron chi connectivity index (χ1n) is 11.1. The summed E-state index contributed by atoms with van der Waals surface area (Å²) in [5.74, 6) is 0.0752. The molecule has 0 unspecified atom stereocenters. The largest absolute Gasteiger partial charge is 0.491 e. The number of nitrogens with one attached hydrogen (secondary N) is 1. The Morgan fingerprint density at radius 1 is 1.00 bits per heavy atom. The van der Waals surface area contributed by atoms with Crippen LogP contribution in [0.5, 0.6) is 5.75 Å². The molecule has 7 nitrogen and oxygen atoms in total. The molecule has 0 heterocycles. The van der Waals surface area contributed by atoms with Crippen LogP contribution in [-0.4, -0.2) is 42.7 Å². The fourth-order valence-electron chi connectivity index (χ4n) is 3.57. The van der Waals surface area contributed by atoms with Gasteiger partial charge in [-0.05, 0) is 35.6 Å². The van der Waals surface area contributed by atoms with E-state index in [1.807, 2.05) is 61.5 Å². The van der Waals surface area contributed by atoms with Gasteiger partial charge in [-0.3, -0.25) is 10.1 Å². The molecule has 0 fully saturated rings. The minimum Gasteiger partial charge on any atom is -0.491 e. The second kappa shape index (κ2) is 12.9. The number of rotatable bonds is 11. The first-order chi connectivity index (χ1) is 16.5. The second-order valence-corrected chi connectivity index (χ2v) is 8.08. The molecule has 0 saturated heterocycles. The Morgan fingerprint density at radius 3 is 2.47 bits per heavy atom. The Bertz CT molecular complexity index is 1080. The third-order valence-corrected chi connectivity index (χ3v) is 5.57. The minimum absolute atomic E-state index is 0.0110. The number of benzene rings is 3. The van der Waals surface area contributed by atoms with Gasteiger partial charge in [-0.2, -0.15) is 12.6 Å². The SMILES string of the molecule is C[C@@H](CCOC(=O)CS)[C@H](OC(=O)Nc1cccc2ccccc12)c1ccc(OCCO)cc1. The molecule has 2 atom stereocenters. The van der Waals surface area contributed by atoms with Crippen molar-refractivity contribution in [2.24, 2.45) is 5.92 Å². The molecule has 0 aliphatic carbocycles. The van der Waals surface area contributed by atoms with Crippen molar-refractivity contribution < 1.29 is 28.9 Å². The van der Waals surface area contributed by atoms with Crippen molar-refractivity contribution in [2.45, 2.75) is 19.4 Å². The van der Waals surface area contributed by atoms with Gasteiger partial charge in [0.05, 0.1) is 24.7 Å². The summed E-state index contributed by atoms with van der Waals surface area (Å²) in [6.07, 6.45) is -0.674. The summed E-state index contributed by atoms with van der Waals surface area (Å²) in [5.41, 5.74) is 1.43. The molecule has 0 spiro atoms. The molecule has 0 aliphatic rings. The molecule has 180 valence electrons. The van der Waals surface area contributed by atoms with Crippen molar-refractivity contribution in [3.8, 4) is 5.75 Å². The number of carbonyl (C=O) groups is 2. The Balaban J connectivity index is 1.75. The minimum atomic E-state index is -0.587. The Kier molecular flexibility index (Phi) is 9.61. The third-order valence-electron chi connectivity index (χ3n) is 5.31. The molecule has 0 aliphatic heterocycles. The molecule has 3 aromatic rings. The lowest BCUT2D eigenvalue weighted by Gasteiger charge is -2.25. The summed E-state index contributed by atoms with van der Waals surface area (Å²) >= 11 is 3.91. The third kappa shape index (κ3) is 7.13. The van der Waals surface area contributed by atoms with Crippen LogP contribution in [0.2, 0.25) is 0 Å².